The molecule has 2 aromatic rings. The second kappa shape index (κ2) is 6.71. The van der Waals surface area contributed by atoms with Crippen molar-refractivity contribution in [3.63, 3.8) is 0 Å². The highest BCUT2D eigenvalue weighted by atomic mass is 15.3. The maximum atomic E-state index is 4.61. The largest absolute Gasteiger partial charge is 0.313 e. The van der Waals surface area contributed by atoms with Crippen LogP contribution in [-0.4, -0.2) is 16.3 Å². The molecule has 0 bridgehead atoms. The molecule has 108 valence electrons. The molecular formula is C17H25N3. The van der Waals surface area contributed by atoms with Crippen molar-refractivity contribution in [1.82, 2.24) is 15.1 Å². The lowest BCUT2D eigenvalue weighted by Crippen LogP contribution is -2.13. The molecule has 0 unspecified atom stereocenters. The standard InChI is InChI=1S/C17H25N3/c1-5-10-18-12-15-8-7-9-16(11-15)17-13(3)19-20(6-2)14(17)4/h7-9,11,18H,5-6,10,12H2,1-4H3. The van der Waals surface area contributed by atoms with Crippen LogP contribution in [0.4, 0.5) is 0 Å². The second-order valence-electron chi connectivity index (χ2n) is 5.24. The summed E-state index contributed by atoms with van der Waals surface area (Å²) in [5, 5.41) is 8.07. The highest BCUT2D eigenvalue weighted by molar-refractivity contribution is 5.69. The van der Waals surface area contributed by atoms with Crippen molar-refractivity contribution < 1.29 is 0 Å². The normalized spacial score (nSPS) is 11.0. The Kier molecular flexibility index (Phi) is 4.96. The number of rotatable bonds is 6. The van der Waals surface area contributed by atoms with Crippen LogP contribution in [0.15, 0.2) is 24.3 Å². The molecule has 0 aliphatic carbocycles. The zero-order chi connectivity index (χ0) is 14.5. The molecule has 0 aliphatic heterocycles. The fourth-order valence-electron chi connectivity index (χ4n) is 2.67. The third-order valence-electron chi connectivity index (χ3n) is 3.65. The number of hydrogen-bond donors (Lipinski definition) is 1. The summed E-state index contributed by atoms with van der Waals surface area (Å²) in [6.45, 7) is 11.5. The van der Waals surface area contributed by atoms with Crippen LogP contribution in [0.5, 0.6) is 0 Å². The summed E-state index contributed by atoms with van der Waals surface area (Å²) in [6, 6.07) is 8.78. The zero-order valence-corrected chi connectivity index (χ0v) is 13.0. The van der Waals surface area contributed by atoms with Crippen LogP contribution in [0.25, 0.3) is 11.1 Å². The molecule has 3 nitrogen and oxygen atoms in total. The quantitative estimate of drug-likeness (QED) is 0.812. The molecule has 0 saturated carbocycles. The Morgan fingerprint density at radius 1 is 1.20 bits per heavy atom. The van der Waals surface area contributed by atoms with Gasteiger partial charge in [-0.2, -0.15) is 5.10 Å². The van der Waals surface area contributed by atoms with Gasteiger partial charge in [-0.3, -0.25) is 4.68 Å². The van der Waals surface area contributed by atoms with Gasteiger partial charge < -0.3 is 5.32 Å². The smallest absolute Gasteiger partial charge is 0.0674 e. The van der Waals surface area contributed by atoms with Crippen LogP contribution in [0.3, 0.4) is 0 Å². The molecule has 20 heavy (non-hydrogen) atoms. The molecule has 2 rings (SSSR count). The average molecular weight is 271 g/mol. The van der Waals surface area contributed by atoms with E-state index < -0.39 is 0 Å². The van der Waals surface area contributed by atoms with Crippen molar-refractivity contribution >= 4 is 0 Å². The first-order chi connectivity index (χ1) is 9.67. The number of nitrogens with zero attached hydrogens (tertiary/aromatic N) is 2. The van der Waals surface area contributed by atoms with Gasteiger partial charge in [0.05, 0.1) is 5.69 Å². The molecule has 0 fully saturated rings. The maximum absolute atomic E-state index is 4.61. The van der Waals surface area contributed by atoms with Crippen molar-refractivity contribution in [2.45, 2.75) is 47.2 Å². The van der Waals surface area contributed by atoms with Gasteiger partial charge in [-0.1, -0.05) is 25.1 Å². The van der Waals surface area contributed by atoms with Crippen LogP contribution >= 0.6 is 0 Å². The predicted octanol–water partition coefficient (Wildman–Crippen LogP) is 3.69. The van der Waals surface area contributed by atoms with Gasteiger partial charge >= 0.3 is 0 Å². The molecule has 0 amide bonds. The molecule has 1 aromatic carbocycles. The molecule has 0 spiro atoms. The Labute approximate surface area is 122 Å². The lowest BCUT2D eigenvalue weighted by molar-refractivity contribution is 0.634. The van der Waals surface area contributed by atoms with Gasteiger partial charge in [0.15, 0.2) is 0 Å². The molecule has 0 radical (unpaired) electrons. The first-order valence-corrected chi connectivity index (χ1v) is 7.51. The Balaban J connectivity index is 2.29. The fourth-order valence-corrected chi connectivity index (χ4v) is 2.67. The Morgan fingerprint density at radius 2 is 2.00 bits per heavy atom. The van der Waals surface area contributed by atoms with Gasteiger partial charge in [0, 0.05) is 24.3 Å². The maximum Gasteiger partial charge on any atom is 0.0674 e. The Morgan fingerprint density at radius 3 is 2.65 bits per heavy atom. The first-order valence-electron chi connectivity index (χ1n) is 7.51. The van der Waals surface area contributed by atoms with E-state index in [1.54, 1.807) is 0 Å². The lowest BCUT2D eigenvalue weighted by atomic mass is 10.0. The monoisotopic (exact) mass is 271 g/mol. The van der Waals surface area contributed by atoms with Gasteiger partial charge in [-0.15, -0.1) is 0 Å². The van der Waals surface area contributed by atoms with E-state index in [0.717, 1.165) is 25.3 Å². The number of nitrogens with one attached hydrogen (secondary N) is 1. The highest BCUT2D eigenvalue weighted by Gasteiger charge is 2.12. The molecule has 0 saturated heterocycles. The van der Waals surface area contributed by atoms with Crippen molar-refractivity contribution in [2.75, 3.05) is 6.54 Å². The SMILES string of the molecule is CCCNCc1cccc(-c2c(C)nn(CC)c2C)c1. The third kappa shape index (κ3) is 3.10. The van der Waals surface area contributed by atoms with Crippen LogP contribution in [0.1, 0.15) is 37.2 Å². The van der Waals surface area contributed by atoms with E-state index in [9.17, 15) is 0 Å². The average Bonchev–Trinajstić information content (AvgIpc) is 2.74. The van der Waals surface area contributed by atoms with Gasteiger partial charge in [0.2, 0.25) is 0 Å². The topological polar surface area (TPSA) is 29.9 Å². The third-order valence-corrected chi connectivity index (χ3v) is 3.65. The molecule has 3 heteroatoms. The summed E-state index contributed by atoms with van der Waals surface area (Å²) in [7, 11) is 0. The summed E-state index contributed by atoms with van der Waals surface area (Å²) in [6.07, 6.45) is 1.17. The van der Waals surface area contributed by atoms with Gasteiger partial charge in [0.25, 0.3) is 0 Å². The van der Waals surface area contributed by atoms with Crippen LogP contribution in [0.2, 0.25) is 0 Å². The molecule has 1 aromatic heterocycles. The predicted molar refractivity (Wildman–Crippen MR) is 84.8 cm³/mol. The van der Waals surface area contributed by atoms with E-state index in [1.165, 1.54) is 28.8 Å². The van der Waals surface area contributed by atoms with E-state index in [4.69, 9.17) is 0 Å². The minimum atomic E-state index is 0.921. The summed E-state index contributed by atoms with van der Waals surface area (Å²) in [5.41, 5.74) is 6.25. The minimum Gasteiger partial charge on any atom is -0.313 e. The van der Waals surface area contributed by atoms with Crippen molar-refractivity contribution in [1.29, 1.82) is 0 Å². The summed E-state index contributed by atoms with van der Waals surface area (Å²) in [5.74, 6) is 0. The van der Waals surface area contributed by atoms with E-state index >= 15 is 0 Å². The molecule has 0 aliphatic rings. The Hall–Kier alpha value is -1.61. The fraction of sp³-hybridized carbons (Fsp3) is 0.471. The second-order valence-corrected chi connectivity index (χ2v) is 5.24. The minimum absolute atomic E-state index is 0.921. The number of benzene rings is 1. The van der Waals surface area contributed by atoms with E-state index in [2.05, 4.69) is 67.1 Å². The highest BCUT2D eigenvalue weighted by Crippen LogP contribution is 2.27. The summed E-state index contributed by atoms with van der Waals surface area (Å²) >= 11 is 0. The van der Waals surface area contributed by atoms with Crippen LogP contribution in [0, 0.1) is 13.8 Å². The Bertz CT molecular complexity index is 570. The van der Waals surface area contributed by atoms with Crippen molar-refractivity contribution in [3.05, 3.63) is 41.2 Å². The van der Waals surface area contributed by atoms with E-state index in [-0.39, 0.29) is 0 Å². The zero-order valence-electron chi connectivity index (χ0n) is 13.0. The van der Waals surface area contributed by atoms with Crippen molar-refractivity contribution in [3.8, 4) is 11.1 Å². The lowest BCUT2D eigenvalue weighted by Gasteiger charge is -2.07. The van der Waals surface area contributed by atoms with Gasteiger partial charge in [-0.25, -0.2) is 0 Å². The van der Waals surface area contributed by atoms with Gasteiger partial charge in [0.1, 0.15) is 0 Å². The van der Waals surface area contributed by atoms with Crippen LogP contribution < -0.4 is 5.32 Å². The van der Waals surface area contributed by atoms with Gasteiger partial charge in [-0.05, 0) is 50.9 Å². The summed E-state index contributed by atoms with van der Waals surface area (Å²) in [4.78, 5) is 0. The molecule has 1 N–H and O–H groups in total. The van der Waals surface area contributed by atoms with E-state index in [1.807, 2.05) is 0 Å². The number of aromatic nitrogens is 2. The summed E-state index contributed by atoms with van der Waals surface area (Å²) < 4.78 is 2.08. The molecule has 1 heterocycles. The molecule has 0 atom stereocenters. The number of aryl methyl sites for hydroxylation is 2. The first kappa shape index (κ1) is 14.8. The van der Waals surface area contributed by atoms with Crippen LogP contribution in [-0.2, 0) is 13.1 Å². The van der Waals surface area contributed by atoms with E-state index in [0.29, 0.717) is 0 Å². The van der Waals surface area contributed by atoms with Crippen molar-refractivity contribution in [2.24, 2.45) is 0 Å². The molecular weight excluding hydrogens is 246 g/mol. The number of hydrogen-bond acceptors (Lipinski definition) is 2.